The van der Waals surface area contributed by atoms with Crippen molar-refractivity contribution in [3.8, 4) is 0 Å². The van der Waals surface area contributed by atoms with Crippen molar-refractivity contribution in [1.29, 1.82) is 0 Å². The smallest absolute Gasteiger partial charge is 0.238 e. The number of hydrogen-bond donors (Lipinski definition) is 2. The molecule has 0 aliphatic carbocycles. The van der Waals surface area contributed by atoms with Crippen molar-refractivity contribution < 1.29 is 4.79 Å². The van der Waals surface area contributed by atoms with Gasteiger partial charge < -0.3 is 0 Å². The molecule has 1 rings (SSSR count). The number of benzene rings is 1. The predicted molar refractivity (Wildman–Crippen MR) is 51.9 cm³/mol. The molecule has 3 nitrogen and oxygen atoms in total. The Labute approximate surface area is 77.9 Å². The molecule has 0 aromatic heterocycles. The van der Waals surface area contributed by atoms with Crippen molar-refractivity contribution in [2.75, 3.05) is 0 Å². The molecule has 1 aromatic rings. The summed E-state index contributed by atoms with van der Waals surface area (Å²) >= 11 is 0. The number of aryl methyl sites for hydroxylation is 1. The summed E-state index contributed by atoms with van der Waals surface area (Å²) in [5, 5.41) is 0. The van der Waals surface area contributed by atoms with Gasteiger partial charge in [0.2, 0.25) is 5.91 Å². The van der Waals surface area contributed by atoms with Gasteiger partial charge in [-0.2, -0.15) is 0 Å². The maximum absolute atomic E-state index is 11.0. The van der Waals surface area contributed by atoms with Crippen LogP contribution in [0.4, 0.5) is 0 Å². The number of carbonyl (C=O) groups is 1. The average Bonchev–Trinajstić information content (AvgIpc) is 2.18. The first-order chi connectivity index (χ1) is 6.27. The van der Waals surface area contributed by atoms with E-state index in [0.717, 1.165) is 12.0 Å². The second-order valence-electron chi connectivity index (χ2n) is 2.87. The minimum absolute atomic E-state index is 0.152. The highest BCUT2D eigenvalue weighted by Crippen LogP contribution is 2.09. The molecular weight excluding hydrogens is 164 g/mol. The van der Waals surface area contributed by atoms with Crippen LogP contribution in [0.5, 0.6) is 0 Å². The first-order valence-electron chi connectivity index (χ1n) is 4.34. The van der Waals surface area contributed by atoms with Crippen molar-refractivity contribution in [1.82, 2.24) is 5.43 Å². The van der Waals surface area contributed by atoms with Gasteiger partial charge in [0.15, 0.2) is 0 Å². The first-order valence-corrected chi connectivity index (χ1v) is 4.34. The Balaban J connectivity index is 2.81. The van der Waals surface area contributed by atoms with Crippen molar-refractivity contribution in [3.05, 3.63) is 35.4 Å². The minimum Gasteiger partial charge on any atom is -0.294 e. The van der Waals surface area contributed by atoms with E-state index in [9.17, 15) is 4.79 Å². The quantitative estimate of drug-likeness (QED) is 0.408. The molecule has 13 heavy (non-hydrogen) atoms. The summed E-state index contributed by atoms with van der Waals surface area (Å²) < 4.78 is 0. The molecule has 0 unspecified atom stereocenters. The number of amides is 1. The normalized spacial score (nSPS) is 9.69. The fourth-order valence-corrected chi connectivity index (χ4v) is 1.30. The van der Waals surface area contributed by atoms with E-state index in [-0.39, 0.29) is 5.91 Å². The predicted octanol–water partition coefficient (Wildman–Crippen LogP) is 0.781. The van der Waals surface area contributed by atoms with E-state index in [4.69, 9.17) is 5.84 Å². The lowest BCUT2D eigenvalue weighted by atomic mass is 10.0. The van der Waals surface area contributed by atoms with Gasteiger partial charge in [0.1, 0.15) is 0 Å². The summed E-state index contributed by atoms with van der Waals surface area (Å²) in [6, 6.07) is 7.88. The standard InChI is InChI=1S/C10H14N2O/c1-2-8-5-3-4-6-9(8)7-10(13)12-11/h3-6H,2,7,11H2,1H3,(H,12,13). The summed E-state index contributed by atoms with van der Waals surface area (Å²) in [4.78, 5) is 11.0. The van der Waals surface area contributed by atoms with Crippen LogP contribution in [-0.4, -0.2) is 5.91 Å². The monoisotopic (exact) mass is 178 g/mol. The van der Waals surface area contributed by atoms with Gasteiger partial charge in [0.05, 0.1) is 6.42 Å². The Morgan fingerprint density at radius 2 is 2.00 bits per heavy atom. The molecule has 0 aliphatic rings. The van der Waals surface area contributed by atoms with E-state index in [1.807, 2.05) is 24.3 Å². The third-order valence-electron chi connectivity index (χ3n) is 2.01. The van der Waals surface area contributed by atoms with Crippen LogP contribution < -0.4 is 11.3 Å². The molecule has 70 valence electrons. The molecule has 0 aliphatic heterocycles. The average molecular weight is 178 g/mol. The lowest BCUT2D eigenvalue weighted by molar-refractivity contribution is -0.120. The SMILES string of the molecule is CCc1ccccc1CC(=O)NN. The number of nitrogens with one attached hydrogen (secondary N) is 1. The molecule has 1 amide bonds. The topological polar surface area (TPSA) is 55.1 Å². The third kappa shape index (κ3) is 2.56. The number of carbonyl (C=O) groups excluding carboxylic acids is 1. The molecule has 0 atom stereocenters. The molecule has 0 spiro atoms. The largest absolute Gasteiger partial charge is 0.294 e. The van der Waals surface area contributed by atoms with E-state index < -0.39 is 0 Å². The highest BCUT2D eigenvalue weighted by atomic mass is 16.2. The van der Waals surface area contributed by atoms with Crippen LogP contribution in [-0.2, 0) is 17.6 Å². The van der Waals surface area contributed by atoms with E-state index in [1.54, 1.807) is 0 Å². The number of nitrogens with two attached hydrogens (primary N) is 1. The van der Waals surface area contributed by atoms with Crippen LogP contribution in [0.2, 0.25) is 0 Å². The van der Waals surface area contributed by atoms with Gasteiger partial charge >= 0.3 is 0 Å². The molecule has 0 fully saturated rings. The zero-order chi connectivity index (χ0) is 9.68. The Hall–Kier alpha value is -1.35. The van der Waals surface area contributed by atoms with Crippen molar-refractivity contribution >= 4 is 5.91 Å². The second kappa shape index (κ2) is 4.62. The lowest BCUT2D eigenvalue weighted by Gasteiger charge is -2.05. The zero-order valence-electron chi connectivity index (χ0n) is 7.71. The molecule has 0 saturated heterocycles. The maximum atomic E-state index is 11.0. The second-order valence-corrected chi connectivity index (χ2v) is 2.87. The van der Waals surface area contributed by atoms with Crippen molar-refractivity contribution in [2.45, 2.75) is 19.8 Å². The van der Waals surface area contributed by atoms with Gasteiger partial charge in [-0.1, -0.05) is 31.2 Å². The maximum Gasteiger partial charge on any atom is 0.238 e. The van der Waals surface area contributed by atoms with Gasteiger partial charge in [-0.3, -0.25) is 10.2 Å². The third-order valence-corrected chi connectivity index (χ3v) is 2.01. The van der Waals surface area contributed by atoms with Gasteiger partial charge in [0.25, 0.3) is 0 Å². The van der Waals surface area contributed by atoms with Gasteiger partial charge in [0, 0.05) is 0 Å². The van der Waals surface area contributed by atoms with E-state index in [1.165, 1.54) is 5.56 Å². The van der Waals surface area contributed by atoms with Crippen LogP contribution in [0.15, 0.2) is 24.3 Å². The van der Waals surface area contributed by atoms with Crippen molar-refractivity contribution in [3.63, 3.8) is 0 Å². The molecular formula is C10H14N2O. The van der Waals surface area contributed by atoms with E-state index in [0.29, 0.717) is 6.42 Å². The Bertz CT molecular complexity index is 297. The van der Waals surface area contributed by atoms with Crippen LogP contribution >= 0.6 is 0 Å². The van der Waals surface area contributed by atoms with Gasteiger partial charge in [-0.05, 0) is 17.5 Å². The molecule has 1 aromatic carbocycles. The lowest BCUT2D eigenvalue weighted by Crippen LogP contribution is -2.31. The summed E-state index contributed by atoms with van der Waals surface area (Å²) in [7, 11) is 0. The Morgan fingerprint density at radius 3 is 2.54 bits per heavy atom. The highest BCUT2D eigenvalue weighted by Gasteiger charge is 2.04. The summed E-state index contributed by atoms with van der Waals surface area (Å²) in [6.07, 6.45) is 1.30. The number of hydrogen-bond acceptors (Lipinski definition) is 2. The fourth-order valence-electron chi connectivity index (χ4n) is 1.30. The first kappa shape index (κ1) is 9.74. The summed E-state index contributed by atoms with van der Waals surface area (Å²) in [5.74, 6) is 4.86. The Kier molecular flexibility index (Phi) is 3.46. The van der Waals surface area contributed by atoms with Crippen LogP contribution in [0.25, 0.3) is 0 Å². The van der Waals surface area contributed by atoms with Gasteiger partial charge in [-0.15, -0.1) is 0 Å². The van der Waals surface area contributed by atoms with Crippen LogP contribution in [0, 0.1) is 0 Å². The van der Waals surface area contributed by atoms with Gasteiger partial charge in [-0.25, -0.2) is 5.84 Å². The zero-order valence-corrected chi connectivity index (χ0v) is 7.71. The summed E-state index contributed by atoms with van der Waals surface area (Å²) in [6.45, 7) is 2.07. The molecule has 3 N–H and O–H groups in total. The summed E-state index contributed by atoms with van der Waals surface area (Å²) in [5.41, 5.74) is 4.37. The fraction of sp³-hybridized carbons (Fsp3) is 0.300. The highest BCUT2D eigenvalue weighted by molar-refractivity contribution is 5.78. The van der Waals surface area contributed by atoms with Crippen LogP contribution in [0.1, 0.15) is 18.1 Å². The van der Waals surface area contributed by atoms with E-state index >= 15 is 0 Å². The molecule has 3 heteroatoms. The molecule has 0 heterocycles. The Morgan fingerprint density at radius 1 is 1.38 bits per heavy atom. The van der Waals surface area contributed by atoms with Crippen LogP contribution in [0.3, 0.4) is 0 Å². The van der Waals surface area contributed by atoms with Crippen molar-refractivity contribution in [2.24, 2.45) is 5.84 Å². The van der Waals surface area contributed by atoms with E-state index in [2.05, 4.69) is 12.3 Å². The molecule has 0 saturated carbocycles. The number of hydrazine groups is 1. The minimum atomic E-state index is -0.152. The molecule has 0 bridgehead atoms. The number of rotatable bonds is 3. The molecule has 0 radical (unpaired) electrons.